The van der Waals surface area contributed by atoms with Gasteiger partial charge >= 0.3 is 5.97 Å². The summed E-state index contributed by atoms with van der Waals surface area (Å²) in [5, 5.41) is 0. The van der Waals surface area contributed by atoms with Crippen molar-refractivity contribution >= 4 is 15.8 Å². The number of hydrogen-bond acceptors (Lipinski definition) is 5. The Kier molecular flexibility index (Phi) is 5.52. The zero-order chi connectivity index (χ0) is 18.8. The lowest BCUT2D eigenvalue weighted by molar-refractivity contribution is 0.0599. The van der Waals surface area contributed by atoms with Gasteiger partial charge in [0.2, 0.25) is 0 Å². The largest absolute Gasteiger partial charge is 0.496 e. The number of sulfone groups is 1. The Balaban J connectivity index is 2.71. The van der Waals surface area contributed by atoms with Crippen molar-refractivity contribution in [2.75, 3.05) is 20.5 Å². The molecule has 0 heterocycles. The third-order valence-corrected chi connectivity index (χ3v) is 5.32. The van der Waals surface area contributed by atoms with E-state index in [0.29, 0.717) is 32.9 Å². The van der Waals surface area contributed by atoms with E-state index in [0.717, 1.165) is 5.56 Å². The van der Waals surface area contributed by atoms with Crippen molar-refractivity contribution in [3.8, 4) is 5.75 Å². The van der Waals surface area contributed by atoms with Crippen LogP contribution in [0.5, 0.6) is 5.75 Å². The first-order valence-electron chi connectivity index (χ1n) is 7.73. The van der Waals surface area contributed by atoms with E-state index < -0.39 is 15.8 Å². The number of benzene rings is 2. The number of esters is 1. The van der Waals surface area contributed by atoms with Crippen LogP contribution in [0.4, 0.5) is 0 Å². The van der Waals surface area contributed by atoms with Crippen molar-refractivity contribution in [1.82, 2.24) is 0 Å². The Hall–Kier alpha value is -2.34. The van der Waals surface area contributed by atoms with E-state index >= 15 is 0 Å². The predicted molar refractivity (Wildman–Crippen MR) is 96.2 cm³/mol. The lowest BCUT2D eigenvalue weighted by Crippen LogP contribution is -2.11. The number of rotatable bonds is 5. The van der Waals surface area contributed by atoms with E-state index in [4.69, 9.17) is 9.47 Å². The summed E-state index contributed by atoms with van der Waals surface area (Å²) < 4.78 is 34.8. The summed E-state index contributed by atoms with van der Waals surface area (Å²) in [5.41, 5.74) is 3.24. The third-order valence-electron chi connectivity index (χ3n) is 3.99. The summed E-state index contributed by atoms with van der Waals surface area (Å²) >= 11 is 0. The van der Waals surface area contributed by atoms with Crippen molar-refractivity contribution < 1.29 is 22.7 Å². The molecule has 134 valence electrons. The number of methoxy groups -OCH3 is 2. The normalized spacial score (nSPS) is 11.2. The first-order chi connectivity index (χ1) is 11.7. The van der Waals surface area contributed by atoms with Gasteiger partial charge in [-0.25, -0.2) is 13.2 Å². The molecule has 0 amide bonds. The molecule has 0 unspecified atom stereocenters. The van der Waals surface area contributed by atoms with Gasteiger partial charge in [0.25, 0.3) is 0 Å². The highest BCUT2D eigenvalue weighted by atomic mass is 32.2. The Morgan fingerprint density at radius 3 is 2.36 bits per heavy atom. The molecule has 2 aromatic carbocycles. The smallest absolute Gasteiger partial charge is 0.338 e. The molecule has 0 aliphatic rings. The Bertz CT molecular complexity index is 914. The van der Waals surface area contributed by atoms with Crippen LogP contribution in [-0.4, -0.2) is 34.9 Å². The molecule has 0 aliphatic carbocycles. The van der Waals surface area contributed by atoms with Crippen molar-refractivity contribution in [3.05, 3.63) is 58.1 Å². The van der Waals surface area contributed by atoms with E-state index in [1.165, 1.54) is 20.5 Å². The van der Waals surface area contributed by atoms with Gasteiger partial charge < -0.3 is 9.47 Å². The SMILES string of the molecule is COC(=O)c1cccc(OC)c1Cc1cc(C)cc(C)c1S(C)(=O)=O. The number of hydrogen-bond donors (Lipinski definition) is 0. The summed E-state index contributed by atoms with van der Waals surface area (Å²) in [6.07, 6.45) is 1.44. The summed E-state index contributed by atoms with van der Waals surface area (Å²) in [7, 11) is -0.594. The monoisotopic (exact) mass is 362 g/mol. The molecule has 2 rings (SSSR count). The van der Waals surface area contributed by atoms with E-state index in [9.17, 15) is 13.2 Å². The van der Waals surface area contributed by atoms with Gasteiger partial charge in [0.1, 0.15) is 5.75 Å². The molecule has 0 aliphatic heterocycles. The third kappa shape index (κ3) is 4.02. The average molecular weight is 362 g/mol. The second-order valence-corrected chi connectivity index (χ2v) is 7.95. The van der Waals surface area contributed by atoms with Crippen LogP contribution in [0.15, 0.2) is 35.2 Å². The fourth-order valence-electron chi connectivity index (χ4n) is 3.14. The van der Waals surface area contributed by atoms with Crippen LogP contribution in [0.1, 0.15) is 32.6 Å². The lowest BCUT2D eigenvalue weighted by atomic mass is 9.96. The van der Waals surface area contributed by atoms with Crippen molar-refractivity contribution in [3.63, 3.8) is 0 Å². The first kappa shape index (κ1) is 19.0. The van der Waals surface area contributed by atoms with Crippen LogP contribution < -0.4 is 4.74 Å². The molecule has 25 heavy (non-hydrogen) atoms. The second kappa shape index (κ2) is 7.27. The molecule has 2 aromatic rings. The molecule has 0 saturated heterocycles. The molecule has 0 saturated carbocycles. The topological polar surface area (TPSA) is 69.7 Å². The molecular formula is C19H22O5S. The molecule has 0 atom stereocenters. The lowest BCUT2D eigenvalue weighted by Gasteiger charge is -2.16. The van der Waals surface area contributed by atoms with Crippen molar-refractivity contribution in [2.24, 2.45) is 0 Å². The van der Waals surface area contributed by atoms with Gasteiger partial charge in [0.05, 0.1) is 24.7 Å². The molecule has 0 N–H and O–H groups in total. The molecule has 0 bridgehead atoms. The summed E-state index contributed by atoms with van der Waals surface area (Å²) in [4.78, 5) is 12.4. The van der Waals surface area contributed by atoms with Crippen LogP contribution in [-0.2, 0) is 21.0 Å². The van der Waals surface area contributed by atoms with E-state index in [2.05, 4.69) is 0 Å². The van der Waals surface area contributed by atoms with Gasteiger partial charge in [0, 0.05) is 18.2 Å². The zero-order valence-electron chi connectivity index (χ0n) is 15.0. The number of carbonyl (C=O) groups excluding carboxylic acids is 1. The Labute approximate surface area is 148 Å². The molecule has 5 nitrogen and oxygen atoms in total. The van der Waals surface area contributed by atoms with Crippen LogP contribution >= 0.6 is 0 Å². The van der Waals surface area contributed by atoms with Crippen molar-refractivity contribution in [1.29, 1.82) is 0 Å². The maximum atomic E-state index is 12.3. The standard InChI is InChI=1S/C19H22O5S/c1-12-9-13(2)18(25(5,21)22)14(10-12)11-16-15(19(20)24-4)7-6-8-17(16)23-3/h6-10H,11H2,1-5H3. The maximum absolute atomic E-state index is 12.3. The van der Waals surface area contributed by atoms with Gasteiger partial charge in [-0.2, -0.15) is 0 Å². The Morgan fingerprint density at radius 1 is 1.12 bits per heavy atom. The van der Waals surface area contributed by atoms with E-state index in [-0.39, 0.29) is 6.42 Å². The van der Waals surface area contributed by atoms with Gasteiger partial charge in [-0.3, -0.25) is 0 Å². The highest BCUT2D eigenvalue weighted by molar-refractivity contribution is 7.90. The summed E-state index contributed by atoms with van der Waals surface area (Å²) in [6, 6.07) is 8.75. The van der Waals surface area contributed by atoms with Crippen LogP contribution in [0, 0.1) is 13.8 Å². The zero-order valence-corrected chi connectivity index (χ0v) is 15.9. The van der Waals surface area contributed by atoms with Crippen LogP contribution in [0.25, 0.3) is 0 Å². The molecule has 6 heteroatoms. The summed E-state index contributed by atoms with van der Waals surface area (Å²) in [5.74, 6) is 0.0284. The van der Waals surface area contributed by atoms with Crippen LogP contribution in [0.3, 0.4) is 0 Å². The number of carbonyl (C=O) groups is 1. The van der Waals surface area contributed by atoms with E-state index in [1.54, 1.807) is 25.1 Å². The Morgan fingerprint density at radius 2 is 1.80 bits per heavy atom. The second-order valence-electron chi connectivity index (χ2n) is 6.00. The molecule has 0 radical (unpaired) electrons. The van der Waals surface area contributed by atoms with Crippen LogP contribution in [0.2, 0.25) is 0 Å². The summed E-state index contributed by atoms with van der Waals surface area (Å²) in [6.45, 7) is 3.68. The molecule has 0 aromatic heterocycles. The molecular weight excluding hydrogens is 340 g/mol. The van der Waals surface area contributed by atoms with Gasteiger partial charge in [-0.1, -0.05) is 23.8 Å². The fraction of sp³-hybridized carbons (Fsp3) is 0.316. The van der Waals surface area contributed by atoms with Gasteiger partial charge in [-0.05, 0) is 37.1 Å². The maximum Gasteiger partial charge on any atom is 0.338 e. The number of ether oxygens (including phenoxy) is 2. The van der Waals surface area contributed by atoms with Gasteiger partial charge in [0.15, 0.2) is 9.84 Å². The minimum absolute atomic E-state index is 0.249. The molecule has 0 spiro atoms. The minimum Gasteiger partial charge on any atom is -0.496 e. The van der Waals surface area contributed by atoms with Crippen molar-refractivity contribution in [2.45, 2.75) is 25.2 Å². The highest BCUT2D eigenvalue weighted by Gasteiger charge is 2.22. The average Bonchev–Trinajstić information content (AvgIpc) is 2.52. The predicted octanol–water partition coefficient (Wildman–Crippen LogP) is 3.09. The highest BCUT2D eigenvalue weighted by Crippen LogP contribution is 2.30. The first-order valence-corrected chi connectivity index (χ1v) is 9.62. The minimum atomic E-state index is -3.42. The van der Waals surface area contributed by atoms with Gasteiger partial charge in [-0.15, -0.1) is 0 Å². The quantitative estimate of drug-likeness (QED) is 0.765. The fourth-order valence-corrected chi connectivity index (χ4v) is 4.39. The molecule has 0 fully saturated rings. The number of aryl methyl sites for hydroxylation is 2. The van der Waals surface area contributed by atoms with E-state index in [1.807, 2.05) is 19.1 Å².